The summed E-state index contributed by atoms with van der Waals surface area (Å²) in [7, 11) is 1.85. The zero-order chi connectivity index (χ0) is 16.1. The largest absolute Gasteiger partial charge is 0.379 e. The van der Waals surface area contributed by atoms with E-state index in [1.807, 2.05) is 7.05 Å². The van der Waals surface area contributed by atoms with Gasteiger partial charge < -0.3 is 15.4 Å². The highest BCUT2D eigenvalue weighted by molar-refractivity contribution is 14.0. The summed E-state index contributed by atoms with van der Waals surface area (Å²) < 4.78 is 5.81. The molecule has 1 unspecified atom stereocenters. The second-order valence-electron chi connectivity index (χ2n) is 7.09. The first kappa shape index (κ1) is 21.3. The second-order valence-corrected chi connectivity index (χ2v) is 8.78. The number of aliphatic imine (C=N–C) groups is 1. The monoisotopic (exact) mass is 456 g/mol. The van der Waals surface area contributed by atoms with Crippen molar-refractivity contribution in [2.75, 3.05) is 52.2 Å². The molecular weight excluding hydrogens is 423 g/mol. The molecule has 0 radical (unpaired) electrons. The quantitative estimate of drug-likeness (QED) is 0.377. The number of rotatable bonds is 5. The van der Waals surface area contributed by atoms with Gasteiger partial charge in [-0.1, -0.05) is 0 Å². The fraction of sp³-hybridized carbons (Fsp3) is 0.938. The van der Waals surface area contributed by atoms with E-state index in [0.717, 1.165) is 45.4 Å². The van der Waals surface area contributed by atoms with Gasteiger partial charge in [0.1, 0.15) is 0 Å². The first-order valence-electron chi connectivity index (χ1n) is 8.36. The third-order valence-electron chi connectivity index (χ3n) is 4.71. The van der Waals surface area contributed by atoms with Crippen molar-refractivity contribution in [3.05, 3.63) is 0 Å². The summed E-state index contributed by atoms with van der Waals surface area (Å²) in [6, 6.07) is 0. The minimum absolute atomic E-state index is 0. The maximum absolute atomic E-state index is 5.45. The van der Waals surface area contributed by atoms with Crippen molar-refractivity contribution >= 4 is 41.7 Å². The Balaban J connectivity index is 0.00000264. The fourth-order valence-electron chi connectivity index (χ4n) is 3.05. The summed E-state index contributed by atoms with van der Waals surface area (Å²) in [4.78, 5) is 6.86. The van der Waals surface area contributed by atoms with Gasteiger partial charge in [0.05, 0.1) is 13.2 Å². The van der Waals surface area contributed by atoms with E-state index in [9.17, 15) is 0 Å². The summed E-state index contributed by atoms with van der Waals surface area (Å²) in [6.45, 7) is 12.5. The lowest BCUT2D eigenvalue weighted by Crippen LogP contribution is -2.57. The SMILES string of the molecule is CN=C(NCC1(C)CCCS1)NCC(C)(C)N1CCOCC1.I. The molecule has 0 aromatic heterocycles. The summed E-state index contributed by atoms with van der Waals surface area (Å²) in [6.07, 6.45) is 2.62. The number of hydrogen-bond acceptors (Lipinski definition) is 4. The highest BCUT2D eigenvalue weighted by Crippen LogP contribution is 2.36. The van der Waals surface area contributed by atoms with Crippen molar-refractivity contribution in [1.82, 2.24) is 15.5 Å². The molecule has 0 spiro atoms. The van der Waals surface area contributed by atoms with Gasteiger partial charge in [-0.05, 0) is 39.4 Å². The van der Waals surface area contributed by atoms with Gasteiger partial charge in [-0.15, -0.1) is 24.0 Å². The van der Waals surface area contributed by atoms with Crippen LogP contribution >= 0.6 is 35.7 Å². The Kier molecular flexibility index (Phi) is 8.97. The number of guanidine groups is 1. The van der Waals surface area contributed by atoms with E-state index in [0.29, 0.717) is 4.75 Å². The molecule has 7 heteroatoms. The maximum Gasteiger partial charge on any atom is 0.191 e. The Morgan fingerprint density at radius 2 is 2.00 bits per heavy atom. The lowest BCUT2D eigenvalue weighted by Gasteiger charge is -2.41. The lowest BCUT2D eigenvalue weighted by molar-refractivity contribution is -0.00834. The third kappa shape index (κ3) is 6.59. The molecule has 0 aromatic carbocycles. The van der Waals surface area contributed by atoms with Crippen LogP contribution in [0.5, 0.6) is 0 Å². The Labute approximate surface area is 162 Å². The van der Waals surface area contributed by atoms with E-state index in [4.69, 9.17) is 4.74 Å². The molecule has 0 saturated carbocycles. The van der Waals surface area contributed by atoms with Gasteiger partial charge in [-0.3, -0.25) is 9.89 Å². The van der Waals surface area contributed by atoms with E-state index >= 15 is 0 Å². The molecule has 136 valence electrons. The summed E-state index contributed by atoms with van der Waals surface area (Å²) in [5.74, 6) is 2.20. The first-order valence-corrected chi connectivity index (χ1v) is 9.35. The molecule has 0 aliphatic carbocycles. The van der Waals surface area contributed by atoms with E-state index in [2.05, 4.69) is 53.1 Å². The van der Waals surface area contributed by atoms with Crippen LogP contribution in [0.25, 0.3) is 0 Å². The van der Waals surface area contributed by atoms with Crippen molar-refractivity contribution in [3.63, 3.8) is 0 Å². The van der Waals surface area contributed by atoms with Crippen molar-refractivity contribution in [3.8, 4) is 0 Å². The van der Waals surface area contributed by atoms with Crippen molar-refractivity contribution < 1.29 is 4.74 Å². The minimum atomic E-state index is 0. The van der Waals surface area contributed by atoms with E-state index in [-0.39, 0.29) is 29.5 Å². The Hall–Kier alpha value is 0.270. The predicted octanol–water partition coefficient (Wildman–Crippen LogP) is 2.17. The lowest BCUT2D eigenvalue weighted by atomic mass is 10.0. The molecular formula is C16H33IN4OS. The first-order chi connectivity index (χ1) is 10.5. The van der Waals surface area contributed by atoms with Crippen LogP contribution in [0.3, 0.4) is 0 Å². The Bertz CT molecular complexity index is 380. The molecule has 2 aliphatic rings. The van der Waals surface area contributed by atoms with Crippen LogP contribution in [-0.4, -0.2) is 73.3 Å². The topological polar surface area (TPSA) is 48.9 Å². The molecule has 23 heavy (non-hydrogen) atoms. The third-order valence-corrected chi connectivity index (χ3v) is 6.25. The highest BCUT2D eigenvalue weighted by Gasteiger charge is 2.30. The van der Waals surface area contributed by atoms with Gasteiger partial charge in [-0.25, -0.2) is 0 Å². The Morgan fingerprint density at radius 3 is 2.57 bits per heavy atom. The van der Waals surface area contributed by atoms with Gasteiger partial charge in [-0.2, -0.15) is 11.8 Å². The smallest absolute Gasteiger partial charge is 0.191 e. The molecule has 5 nitrogen and oxygen atoms in total. The molecule has 2 saturated heterocycles. The maximum atomic E-state index is 5.45. The van der Waals surface area contributed by atoms with E-state index in [1.54, 1.807) is 0 Å². The van der Waals surface area contributed by atoms with Crippen LogP contribution in [0.1, 0.15) is 33.6 Å². The number of ether oxygens (including phenoxy) is 1. The average Bonchev–Trinajstić information content (AvgIpc) is 2.95. The zero-order valence-electron chi connectivity index (χ0n) is 15.0. The summed E-state index contributed by atoms with van der Waals surface area (Å²) in [5.41, 5.74) is 0.105. The molecule has 0 aromatic rings. The van der Waals surface area contributed by atoms with E-state index in [1.165, 1.54) is 18.6 Å². The minimum Gasteiger partial charge on any atom is -0.379 e. The van der Waals surface area contributed by atoms with Gasteiger partial charge in [0.25, 0.3) is 0 Å². The van der Waals surface area contributed by atoms with Crippen LogP contribution in [0.2, 0.25) is 0 Å². The van der Waals surface area contributed by atoms with Gasteiger partial charge in [0.15, 0.2) is 5.96 Å². The molecule has 0 bridgehead atoms. The number of thioether (sulfide) groups is 1. The number of morpholine rings is 1. The highest BCUT2D eigenvalue weighted by atomic mass is 127. The molecule has 1 atom stereocenters. The number of halogens is 1. The fourth-order valence-corrected chi connectivity index (χ4v) is 4.29. The van der Waals surface area contributed by atoms with Gasteiger partial charge in [0.2, 0.25) is 0 Å². The van der Waals surface area contributed by atoms with Crippen molar-refractivity contribution in [1.29, 1.82) is 0 Å². The number of nitrogens with zero attached hydrogens (tertiary/aromatic N) is 2. The summed E-state index contributed by atoms with van der Waals surface area (Å²) in [5, 5.41) is 7.00. The van der Waals surface area contributed by atoms with E-state index < -0.39 is 0 Å². The van der Waals surface area contributed by atoms with Crippen LogP contribution < -0.4 is 10.6 Å². The van der Waals surface area contributed by atoms with Gasteiger partial charge >= 0.3 is 0 Å². The molecule has 2 rings (SSSR count). The number of hydrogen-bond donors (Lipinski definition) is 2. The molecule has 0 amide bonds. The molecule has 2 aliphatic heterocycles. The summed E-state index contributed by atoms with van der Waals surface area (Å²) >= 11 is 2.08. The Morgan fingerprint density at radius 1 is 1.30 bits per heavy atom. The molecule has 2 N–H and O–H groups in total. The van der Waals surface area contributed by atoms with Crippen LogP contribution in [-0.2, 0) is 4.74 Å². The van der Waals surface area contributed by atoms with Crippen LogP contribution in [0.15, 0.2) is 4.99 Å². The van der Waals surface area contributed by atoms with Crippen molar-refractivity contribution in [2.45, 2.75) is 43.9 Å². The predicted molar refractivity (Wildman–Crippen MR) is 111 cm³/mol. The normalized spacial score (nSPS) is 26.7. The number of nitrogens with one attached hydrogen (secondary N) is 2. The van der Waals surface area contributed by atoms with Crippen LogP contribution in [0, 0.1) is 0 Å². The molecule has 2 heterocycles. The standard InChI is InChI=1S/C16H32N4OS.HI/c1-15(2,20-7-9-21-10-8-20)12-18-14(17-4)19-13-16(3)6-5-11-22-16;/h5-13H2,1-4H3,(H2,17,18,19);1H. The van der Waals surface area contributed by atoms with Crippen LogP contribution in [0.4, 0.5) is 0 Å². The van der Waals surface area contributed by atoms with Gasteiger partial charge in [0, 0.05) is 43.5 Å². The second kappa shape index (κ2) is 9.68. The zero-order valence-corrected chi connectivity index (χ0v) is 18.1. The average molecular weight is 456 g/mol. The molecule has 2 fully saturated rings. The van der Waals surface area contributed by atoms with Crippen molar-refractivity contribution in [2.24, 2.45) is 4.99 Å².